The summed E-state index contributed by atoms with van der Waals surface area (Å²) in [6, 6.07) is 6.36. The van der Waals surface area contributed by atoms with Gasteiger partial charge in [0.25, 0.3) is 10.0 Å². The average molecular weight is 269 g/mol. The molecule has 0 fully saturated rings. The molecule has 0 aliphatic rings. The van der Waals surface area contributed by atoms with Crippen LogP contribution in [0.1, 0.15) is 12.5 Å². The summed E-state index contributed by atoms with van der Waals surface area (Å²) in [4.78, 5) is 2.18. The van der Waals surface area contributed by atoms with E-state index in [2.05, 4.69) is 16.5 Å². The van der Waals surface area contributed by atoms with Crippen LogP contribution < -0.4 is 10.3 Å². The second kappa shape index (κ2) is 5.65. The van der Waals surface area contributed by atoms with E-state index in [4.69, 9.17) is 5.21 Å². The molecule has 0 heterocycles. The molecule has 0 saturated heterocycles. The smallest absolute Gasteiger partial charge is 0.276 e. The minimum atomic E-state index is -3.70. The number of benzene rings is 1. The van der Waals surface area contributed by atoms with Gasteiger partial charge in [0.05, 0.1) is 16.3 Å². The minimum absolute atomic E-state index is 0.113. The third-order valence-electron chi connectivity index (χ3n) is 2.24. The molecule has 7 heteroatoms. The number of sulfonamides is 1. The van der Waals surface area contributed by atoms with Gasteiger partial charge in [-0.3, -0.25) is 10.7 Å². The molecule has 3 N–H and O–H groups in total. The molecular formula is C11H15N3O3S. The maximum atomic E-state index is 11.8. The first-order valence-corrected chi connectivity index (χ1v) is 6.57. The van der Waals surface area contributed by atoms with Crippen LogP contribution in [0.15, 0.2) is 46.5 Å². The molecule has 0 unspecified atom stereocenters. The predicted octanol–water partition coefficient (Wildman–Crippen LogP) is 1.14. The summed E-state index contributed by atoms with van der Waals surface area (Å²) < 4.78 is 23.7. The molecule has 1 aromatic rings. The van der Waals surface area contributed by atoms with Crippen LogP contribution in [0.25, 0.3) is 0 Å². The molecule has 0 atom stereocenters. The van der Waals surface area contributed by atoms with Gasteiger partial charge in [0, 0.05) is 0 Å². The van der Waals surface area contributed by atoms with Crippen molar-refractivity contribution in [3.63, 3.8) is 0 Å². The van der Waals surface area contributed by atoms with Crippen LogP contribution in [-0.2, 0) is 10.0 Å². The van der Waals surface area contributed by atoms with Crippen molar-refractivity contribution in [3.05, 3.63) is 42.1 Å². The summed E-state index contributed by atoms with van der Waals surface area (Å²) in [6.45, 7) is 6.80. The zero-order valence-corrected chi connectivity index (χ0v) is 11.0. The fourth-order valence-corrected chi connectivity index (χ4v) is 1.90. The number of allylic oxidation sites excluding steroid dienone is 1. The van der Waals surface area contributed by atoms with Crippen molar-refractivity contribution in [1.29, 1.82) is 0 Å². The third kappa shape index (κ3) is 3.57. The van der Waals surface area contributed by atoms with E-state index in [-0.39, 0.29) is 16.3 Å². The van der Waals surface area contributed by atoms with Gasteiger partial charge in [0.15, 0.2) is 0 Å². The maximum Gasteiger partial charge on any atom is 0.276 e. The fraction of sp³-hybridized carbons (Fsp3) is 0.182. The number of rotatable bonds is 5. The van der Waals surface area contributed by atoms with Gasteiger partial charge >= 0.3 is 0 Å². The SMILES string of the molecule is C=C(NO)/C(C)=N\NS(=O)(=O)c1ccc(C)cc1. The van der Waals surface area contributed by atoms with Gasteiger partial charge in [-0.1, -0.05) is 24.3 Å². The number of nitrogens with zero attached hydrogens (tertiary/aromatic N) is 1. The third-order valence-corrected chi connectivity index (χ3v) is 3.46. The highest BCUT2D eigenvalue weighted by Crippen LogP contribution is 2.09. The Balaban J connectivity index is 2.90. The van der Waals surface area contributed by atoms with E-state index in [1.807, 2.05) is 6.92 Å². The van der Waals surface area contributed by atoms with Crippen LogP contribution in [0.3, 0.4) is 0 Å². The summed E-state index contributed by atoms with van der Waals surface area (Å²) in [7, 11) is -3.70. The lowest BCUT2D eigenvalue weighted by Gasteiger charge is -2.06. The summed E-state index contributed by atoms with van der Waals surface area (Å²) in [5, 5.41) is 12.2. The summed E-state index contributed by atoms with van der Waals surface area (Å²) >= 11 is 0. The normalized spacial score (nSPS) is 12.1. The Morgan fingerprint density at radius 1 is 1.33 bits per heavy atom. The molecule has 0 amide bonds. The molecule has 0 aliphatic heterocycles. The molecule has 1 aromatic carbocycles. The van der Waals surface area contributed by atoms with E-state index < -0.39 is 10.0 Å². The van der Waals surface area contributed by atoms with E-state index in [1.165, 1.54) is 19.1 Å². The van der Waals surface area contributed by atoms with Crippen LogP contribution in [0.4, 0.5) is 0 Å². The van der Waals surface area contributed by atoms with E-state index in [9.17, 15) is 8.42 Å². The zero-order valence-electron chi connectivity index (χ0n) is 10.1. The second-order valence-corrected chi connectivity index (χ2v) is 5.36. The Morgan fingerprint density at radius 2 is 1.89 bits per heavy atom. The Bertz CT molecular complexity index is 562. The van der Waals surface area contributed by atoms with Crippen LogP contribution in [0.5, 0.6) is 0 Å². The average Bonchev–Trinajstić information content (AvgIpc) is 2.35. The van der Waals surface area contributed by atoms with E-state index in [0.29, 0.717) is 0 Å². The van der Waals surface area contributed by atoms with Crippen LogP contribution in [0, 0.1) is 6.92 Å². The first kappa shape index (κ1) is 14.2. The number of hydrazone groups is 1. The molecular weight excluding hydrogens is 254 g/mol. The van der Waals surface area contributed by atoms with Crippen LogP contribution in [0.2, 0.25) is 0 Å². The highest BCUT2D eigenvalue weighted by atomic mass is 32.2. The van der Waals surface area contributed by atoms with Gasteiger partial charge in [-0.05, 0) is 26.0 Å². The molecule has 6 nitrogen and oxygen atoms in total. The lowest BCUT2D eigenvalue weighted by atomic mass is 10.2. The number of aryl methyl sites for hydroxylation is 1. The summed E-state index contributed by atoms with van der Waals surface area (Å²) in [5.74, 6) is 0. The quantitative estimate of drug-likeness (QED) is 0.552. The van der Waals surface area contributed by atoms with Crippen molar-refractivity contribution >= 4 is 15.7 Å². The van der Waals surface area contributed by atoms with Gasteiger partial charge in [0.2, 0.25) is 0 Å². The molecule has 18 heavy (non-hydrogen) atoms. The fourth-order valence-electron chi connectivity index (χ4n) is 1.05. The molecule has 0 saturated carbocycles. The van der Waals surface area contributed by atoms with Crippen molar-refractivity contribution < 1.29 is 13.6 Å². The van der Waals surface area contributed by atoms with Gasteiger partial charge in [-0.25, -0.2) is 0 Å². The van der Waals surface area contributed by atoms with Gasteiger partial charge < -0.3 is 0 Å². The van der Waals surface area contributed by atoms with Crippen LogP contribution >= 0.6 is 0 Å². The standard InChI is InChI=1S/C11H15N3O3S/c1-8-4-6-11(7-5-8)18(16,17)14-12-9(2)10(3)13-15/h4-7,13-15H,3H2,1-2H3/b12-9-. The maximum absolute atomic E-state index is 11.8. The van der Waals surface area contributed by atoms with Gasteiger partial charge in [-0.2, -0.15) is 18.4 Å². The molecule has 0 bridgehead atoms. The summed E-state index contributed by atoms with van der Waals surface area (Å²) in [6.07, 6.45) is 0. The second-order valence-electron chi connectivity index (χ2n) is 3.70. The minimum Gasteiger partial charge on any atom is -0.291 e. The topological polar surface area (TPSA) is 90.8 Å². The Morgan fingerprint density at radius 3 is 2.39 bits per heavy atom. The molecule has 0 radical (unpaired) electrons. The Labute approximate surface area is 106 Å². The number of hydrogen-bond acceptors (Lipinski definition) is 5. The molecule has 1 rings (SSSR count). The van der Waals surface area contributed by atoms with E-state index in [0.717, 1.165) is 5.56 Å². The Hall–Kier alpha value is -1.86. The van der Waals surface area contributed by atoms with Crippen molar-refractivity contribution in [2.45, 2.75) is 18.7 Å². The number of nitrogens with one attached hydrogen (secondary N) is 2. The lowest BCUT2D eigenvalue weighted by molar-refractivity contribution is 0.208. The molecule has 0 aromatic heterocycles. The number of hydroxylamine groups is 1. The van der Waals surface area contributed by atoms with Crippen molar-refractivity contribution in [3.8, 4) is 0 Å². The first-order chi connectivity index (χ1) is 8.36. The predicted molar refractivity (Wildman–Crippen MR) is 68.7 cm³/mol. The van der Waals surface area contributed by atoms with Crippen molar-refractivity contribution in [2.75, 3.05) is 0 Å². The molecule has 98 valence electrons. The Kier molecular flexibility index (Phi) is 4.46. The highest BCUT2D eigenvalue weighted by Gasteiger charge is 2.12. The number of hydrogen-bond donors (Lipinski definition) is 3. The van der Waals surface area contributed by atoms with E-state index >= 15 is 0 Å². The summed E-state index contributed by atoms with van der Waals surface area (Å²) in [5.41, 5.74) is 3.09. The van der Waals surface area contributed by atoms with E-state index in [1.54, 1.807) is 17.6 Å². The monoisotopic (exact) mass is 269 g/mol. The largest absolute Gasteiger partial charge is 0.291 e. The molecule has 0 spiro atoms. The van der Waals surface area contributed by atoms with Gasteiger partial charge in [-0.15, -0.1) is 0 Å². The van der Waals surface area contributed by atoms with Crippen molar-refractivity contribution in [2.24, 2.45) is 5.10 Å². The molecule has 0 aliphatic carbocycles. The zero-order chi connectivity index (χ0) is 13.8. The van der Waals surface area contributed by atoms with Crippen LogP contribution in [-0.4, -0.2) is 19.3 Å². The van der Waals surface area contributed by atoms with Gasteiger partial charge in [0.1, 0.15) is 0 Å². The highest BCUT2D eigenvalue weighted by molar-refractivity contribution is 7.89. The first-order valence-electron chi connectivity index (χ1n) is 5.09. The van der Waals surface area contributed by atoms with Crippen molar-refractivity contribution in [1.82, 2.24) is 10.3 Å². The lowest BCUT2D eigenvalue weighted by Crippen LogP contribution is -2.22.